The summed E-state index contributed by atoms with van der Waals surface area (Å²) in [6, 6.07) is 2.94. The molecule has 0 aromatic rings. The van der Waals surface area contributed by atoms with Crippen LogP contribution in [0.1, 0.15) is 52.4 Å². The van der Waals surface area contributed by atoms with E-state index in [4.69, 9.17) is 5.26 Å². The Bertz CT molecular complexity index is 459. The predicted octanol–water partition coefficient (Wildman–Crippen LogP) is 1.61. The number of rotatable bonds is 6. The number of nitrogens with zero attached hydrogens (tertiary/aromatic N) is 2. The molecule has 114 valence electrons. The Hall–Kier alpha value is -0.640. The molecule has 1 N–H and O–H groups in total. The number of nitriles is 1. The number of hydrogen-bond acceptors (Lipinski definition) is 4. The Kier molecular flexibility index (Phi) is 5.05. The number of nitrogens with one attached hydrogen (secondary N) is 1. The molecule has 2 bridgehead atoms. The highest BCUT2D eigenvalue weighted by atomic mass is 32.2. The highest BCUT2D eigenvalue weighted by molar-refractivity contribution is 7.90. The van der Waals surface area contributed by atoms with Crippen LogP contribution in [-0.2, 0) is 10.0 Å². The summed E-state index contributed by atoms with van der Waals surface area (Å²) in [6.45, 7) is 4.29. The van der Waals surface area contributed by atoms with Gasteiger partial charge in [-0.05, 0) is 38.5 Å². The second-order valence-corrected chi connectivity index (χ2v) is 8.01. The van der Waals surface area contributed by atoms with Crippen molar-refractivity contribution in [1.29, 1.82) is 5.26 Å². The fraction of sp³-hybridized carbons (Fsp3) is 0.929. The summed E-state index contributed by atoms with van der Waals surface area (Å²) in [5.41, 5.74) is 0. The first kappa shape index (κ1) is 15.7. The number of fused-ring (bicyclic) bond motifs is 2. The second kappa shape index (κ2) is 6.42. The molecule has 2 aliphatic rings. The van der Waals surface area contributed by atoms with Crippen LogP contribution in [-0.4, -0.2) is 42.6 Å². The van der Waals surface area contributed by atoms with E-state index in [-0.39, 0.29) is 6.04 Å². The van der Waals surface area contributed by atoms with E-state index in [1.165, 1.54) is 0 Å². The van der Waals surface area contributed by atoms with E-state index in [1.54, 1.807) is 11.2 Å². The van der Waals surface area contributed by atoms with Gasteiger partial charge in [0.25, 0.3) is 0 Å². The van der Waals surface area contributed by atoms with E-state index in [1.807, 2.05) is 13.0 Å². The predicted molar refractivity (Wildman–Crippen MR) is 78.6 cm³/mol. The maximum atomic E-state index is 12.7. The molecule has 2 heterocycles. The number of piperidine rings is 1. The van der Waals surface area contributed by atoms with Gasteiger partial charge in [-0.25, -0.2) is 8.42 Å². The third kappa shape index (κ3) is 3.00. The van der Waals surface area contributed by atoms with Crippen molar-refractivity contribution in [3.63, 3.8) is 0 Å². The van der Waals surface area contributed by atoms with Gasteiger partial charge < -0.3 is 5.32 Å². The summed E-state index contributed by atoms with van der Waals surface area (Å²) in [7, 11) is -3.50. The van der Waals surface area contributed by atoms with Crippen LogP contribution in [0.25, 0.3) is 0 Å². The van der Waals surface area contributed by atoms with E-state index >= 15 is 0 Å². The molecule has 2 aliphatic heterocycles. The van der Waals surface area contributed by atoms with Crippen molar-refractivity contribution in [2.24, 2.45) is 0 Å². The maximum absolute atomic E-state index is 12.7. The van der Waals surface area contributed by atoms with E-state index in [0.717, 1.165) is 32.1 Å². The Balaban J connectivity index is 2.20. The second-order valence-electron chi connectivity index (χ2n) is 5.94. The van der Waals surface area contributed by atoms with Crippen LogP contribution in [0.5, 0.6) is 0 Å². The summed E-state index contributed by atoms with van der Waals surface area (Å²) < 4.78 is 27.0. The van der Waals surface area contributed by atoms with E-state index in [2.05, 4.69) is 5.32 Å². The molecule has 20 heavy (non-hydrogen) atoms. The molecule has 0 aliphatic carbocycles. The van der Waals surface area contributed by atoms with Crippen LogP contribution in [0.4, 0.5) is 0 Å². The molecule has 5 nitrogen and oxygen atoms in total. The lowest BCUT2D eigenvalue weighted by atomic mass is 10.00. The Morgan fingerprint density at radius 1 is 1.30 bits per heavy atom. The van der Waals surface area contributed by atoms with Crippen LogP contribution in [0, 0.1) is 11.3 Å². The molecule has 2 rings (SSSR count). The van der Waals surface area contributed by atoms with Crippen molar-refractivity contribution in [2.45, 2.75) is 75.7 Å². The van der Waals surface area contributed by atoms with Crippen molar-refractivity contribution in [1.82, 2.24) is 9.62 Å². The molecular formula is C14H25N3O2S. The summed E-state index contributed by atoms with van der Waals surface area (Å²) >= 11 is 0. The zero-order valence-corrected chi connectivity index (χ0v) is 13.2. The largest absolute Gasteiger partial charge is 0.311 e. The molecule has 0 aromatic heterocycles. The Morgan fingerprint density at radius 2 is 1.90 bits per heavy atom. The van der Waals surface area contributed by atoms with E-state index in [9.17, 15) is 8.42 Å². The summed E-state index contributed by atoms with van der Waals surface area (Å²) in [4.78, 5) is 0. The molecule has 0 spiro atoms. The van der Waals surface area contributed by atoms with Crippen LogP contribution >= 0.6 is 0 Å². The van der Waals surface area contributed by atoms with E-state index < -0.39 is 15.3 Å². The van der Waals surface area contributed by atoms with Crippen molar-refractivity contribution >= 4 is 10.0 Å². The third-order valence-electron chi connectivity index (χ3n) is 4.50. The van der Waals surface area contributed by atoms with Crippen LogP contribution in [0.2, 0.25) is 0 Å². The molecule has 2 fully saturated rings. The lowest BCUT2D eigenvalue weighted by molar-refractivity contribution is 0.225. The molecule has 2 saturated heterocycles. The molecule has 0 radical (unpaired) electrons. The van der Waals surface area contributed by atoms with Crippen LogP contribution in [0.15, 0.2) is 0 Å². The molecular weight excluding hydrogens is 274 g/mol. The van der Waals surface area contributed by atoms with Crippen molar-refractivity contribution in [3.8, 4) is 6.07 Å². The zero-order valence-electron chi connectivity index (χ0n) is 12.4. The number of hydrogen-bond donors (Lipinski definition) is 1. The average Bonchev–Trinajstić information content (AvgIpc) is 2.75. The van der Waals surface area contributed by atoms with Gasteiger partial charge in [-0.15, -0.1) is 0 Å². The van der Waals surface area contributed by atoms with Crippen LogP contribution < -0.4 is 5.32 Å². The fourth-order valence-corrected chi connectivity index (χ4v) is 5.44. The minimum absolute atomic E-state index is 0.0705. The SMILES string of the molecule is CCCN(C1CC2CCC(C1)N2)S(=O)(=O)C(C#N)CC. The summed E-state index contributed by atoms with van der Waals surface area (Å²) in [5, 5.41) is 11.8. The summed E-state index contributed by atoms with van der Waals surface area (Å²) in [6.07, 6.45) is 5.22. The normalized spacial score (nSPS) is 31.2. The highest BCUT2D eigenvalue weighted by Crippen LogP contribution is 2.32. The van der Waals surface area contributed by atoms with Gasteiger partial charge in [0.1, 0.15) is 0 Å². The smallest absolute Gasteiger partial charge is 0.230 e. The van der Waals surface area contributed by atoms with Gasteiger partial charge >= 0.3 is 0 Å². The van der Waals surface area contributed by atoms with Gasteiger partial charge in [0.2, 0.25) is 10.0 Å². The Labute approximate surface area is 122 Å². The lowest BCUT2D eigenvalue weighted by Gasteiger charge is -2.37. The van der Waals surface area contributed by atoms with Gasteiger partial charge in [0.15, 0.2) is 5.25 Å². The quantitative estimate of drug-likeness (QED) is 0.809. The molecule has 0 amide bonds. The number of sulfonamides is 1. The van der Waals surface area contributed by atoms with Crippen molar-refractivity contribution in [2.75, 3.05) is 6.54 Å². The first-order chi connectivity index (χ1) is 9.52. The molecule has 3 atom stereocenters. The molecule has 6 heteroatoms. The fourth-order valence-electron chi connectivity index (χ4n) is 3.53. The monoisotopic (exact) mass is 299 g/mol. The van der Waals surface area contributed by atoms with Gasteiger partial charge in [0.05, 0.1) is 6.07 Å². The first-order valence-corrected chi connectivity index (χ1v) is 9.19. The lowest BCUT2D eigenvalue weighted by Crippen LogP contribution is -2.52. The standard InChI is InChI=1S/C14H25N3O2S/c1-3-7-17(20(18,19)14(4-2)10-15)13-8-11-5-6-12(9-13)16-11/h11-14,16H,3-9H2,1-2H3. The van der Waals surface area contributed by atoms with Gasteiger partial charge in [0, 0.05) is 24.7 Å². The van der Waals surface area contributed by atoms with Crippen LogP contribution in [0.3, 0.4) is 0 Å². The average molecular weight is 299 g/mol. The molecule has 0 saturated carbocycles. The van der Waals surface area contributed by atoms with Crippen molar-refractivity contribution < 1.29 is 8.42 Å². The third-order valence-corrected chi connectivity index (χ3v) is 6.79. The first-order valence-electron chi connectivity index (χ1n) is 7.69. The zero-order chi connectivity index (χ0) is 14.8. The van der Waals surface area contributed by atoms with Gasteiger partial charge in [-0.3, -0.25) is 0 Å². The summed E-state index contributed by atoms with van der Waals surface area (Å²) in [5.74, 6) is 0. The topological polar surface area (TPSA) is 73.2 Å². The highest BCUT2D eigenvalue weighted by Gasteiger charge is 2.41. The van der Waals surface area contributed by atoms with Gasteiger partial charge in [-0.1, -0.05) is 13.8 Å². The molecule has 0 aromatic carbocycles. The minimum atomic E-state index is -3.50. The minimum Gasteiger partial charge on any atom is -0.311 e. The van der Waals surface area contributed by atoms with Gasteiger partial charge in [-0.2, -0.15) is 9.57 Å². The Morgan fingerprint density at radius 3 is 2.35 bits per heavy atom. The molecule has 3 unspecified atom stereocenters. The van der Waals surface area contributed by atoms with Crippen molar-refractivity contribution in [3.05, 3.63) is 0 Å². The van der Waals surface area contributed by atoms with E-state index in [0.29, 0.717) is 25.0 Å². The maximum Gasteiger partial charge on any atom is 0.230 e.